The molecule has 2 aromatic rings. The van der Waals surface area contributed by atoms with E-state index in [1.165, 1.54) is 37.8 Å². The highest BCUT2D eigenvalue weighted by Crippen LogP contribution is 2.49. The molecule has 2 heterocycles. The number of ether oxygens (including phenoxy) is 3. The molecular weight excluding hydrogens is 461 g/mol. The van der Waals surface area contributed by atoms with Gasteiger partial charge >= 0.3 is 0 Å². The molecule has 186 valence electrons. The standard InChI is InChI=1S/C24H32FN3O5S/c1-5-13-28-23(27-16-14-26(15-17-27)19-11-9-18(25)10-12-19)24(32-3,33-4)22-20(31-2)7-6-8-21(22)34(28,29)30/h6-12,23H,5,13-17H2,1-4H3. The normalized spacial score (nSPS) is 22.4. The van der Waals surface area contributed by atoms with Crippen LogP contribution < -0.4 is 9.64 Å². The van der Waals surface area contributed by atoms with Gasteiger partial charge in [0.1, 0.15) is 17.7 Å². The predicted molar refractivity (Wildman–Crippen MR) is 127 cm³/mol. The number of benzene rings is 2. The van der Waals surface area contributed by atoms with Crippen molar-refractivity contribution in [1.82, 2.24) is 9.21 Å². The first-order valence-corrected chi connectivity index (χ1v) is 12.8. The van der Waals surface area contributed by atoms with Gasteiger partial charge in [0.2, 0.25) is 15.8 Å². The van der Waals surface area contributed by atoms with E-state index in [0.29, 0.717) is 50.5 Å². The molecule has 1 atom stereocenters. The van der Waals surface area contributed by atoms with Gasteiger partial charge in [0, 0.05) is 52.6 Å². The summed E-state index contributed by atoms with van der Waals surface area (Å²) in [6.45, 7) is 4.68. The molecule has 0 radical (unpaired) electrons. The van der Waals surface area contributed by atoms with Crippen molar-refractivity contribution >= 4 is 15.7 Å². The summed E-state index contributed by atoms with van der Waals surface area (Å²) in [5.41, 5.74) is 1.31. The Morgan fingerprint density at radius 3 is 2.21 bits per heavy atom. The molecule has 4 rings (SSSR count). The average Bonchev–Trinajstić information content (AvgIpc) is 2.86. The second-order valence-electron chi connectivity index (χ2n) is 8.40. The average molecular weight is 494 g/mol. The summed E-state index contributed by atoms with van der Waals surface area (Å²) in [6.07, 6.45) is -0.0970. The fourth-order valence-electron chi connectivity index (χ4n) is 5.08. The Bertz CT molecular complexity index is 1100. The summed E-state index contributed by atoms with van der Waals surface area (Å²) in [4.78, 5) is 4.38. The SMILES string of the molecule is CCCN1C(N2CCN(c3ccc(F)cc3)CC2)C(OC)(OC)c2c(OC)cccc2S1(=O)=O. The van der Waals surface area contributed by atoms with Crippen molar-refractivity contribution in [3.8, 4) is 5.75 Å². The molecule has 0 bridgehead atoms. The van der Waals surface area contributed by atoms with Gasteiger partial charge in [-0.15, -0.1) is 0 Å². The van der Waals surface area contributed by atoms with Crippen LogP contribution in [-0.2, 0) is 25.3 Å². The van der Waals surface area contributed by atoms with E-state index in [1.807, 2.05) is 6.92 Å². The van der Waals surface area contributed by atoms with Crippen LogP contribution in [0.1, 0.15) is 18.9 Å². The molecule has 0 spiro atoms. The summed E-state index contributed by atoms with van der Waals surface area (Å²) in [7, 11) is 0.728. The molecule has 0 aromatic heterocycles. The van der Waals surface area contributed by atoms with Gasteiger partial charge in [0.15, 0.2) is 0 Å². The third-order valence-corrected chi connectivity index (χ3v) is 8.55. The highest BCUT2D eigenvalue weighted by atomic mass is 32.2. The molecule has 1 saturated heterocycles. The number of piperazine rings is 1. The van der Waals surface area contributed by atoms with Crippen LogP contribution in [0.25, 0.3) is 0 Å². The molecule has 2 aliphatic heterocycles. The third-order valence-electron chi connectivity index (χ3n) is 6.66. The van der Waals surface area contributed by atoms with Crippen LogP contribution in [0.5, 0.6) is 5.75 Å². The topological polar surface area (TPSA) is 71.6 Å². The van der Waals surface area contributed by atoms with E-state index in [0.717, 1.165) is 5.69 Å². The Kier molecular flexibility index (Phi) is 7.16. The fourth-order valence-corrected chi connectivity index (χ4v) is 7.04. The van der Waals surface area contributed by atoms with Crippen molar-refractivity contribution in [3.63, 3.8) is 0 Å². The lowest BCUT2D eigenvalue weighted by molar-refractivity contribution is -0.279. The molecule has 10 heteroatoms. The minimum atomic E-state index is -3.84. The highest BCUT2D eigenvalue weighted by molar-refractivity contribution is 7.89. The van der Waals surface area contributed by atoms with Gasteiger partial charge in [0.25, 0.3) is 0 Å². The Labute approximate surface area is 200 Å². The van der Waals surface area contributed by atoms with E-state index >= 15 is 0 Å². The zero-order valence-electron chi connectivity index (χ0n) is 20.0. The molecular formula is C24H32FN3O5S. The van der Waals surface area contributed by atoms with Gasteiger partial charge in [-0.05, 0) is 42.8 Å². The number of methoxy groups -OCH3 is 3. The molecule has 0 amide bonds. The smallest absolute Gasteiger partial charge is 0.245 e. The van der Waals surface area contributed by atoms with Crippen LogP contribution in [0, 0.1) is 5.82 Å². The van der Waals surface area contributed by atoms with E-state index in [4.69, 9.17) is 14.2 Å². The van der Waals surface area contributed by atoms with Gasteiger partial charge in [0.05, 0.1) is 17.6 Å². The summed E-state index contributed by atoms with van der Waals surface area (Å²) in [5, 5.41) is 0. The number of anilines is 1. The highest BCUT2D eigenvalue weighted by Gasteiger charge is 2.59. The van der Waals surface area contributed by atoms with Crippen LogP contribution in [0.15, 0.2) is 47.4 Å². The number of rotatable bonds is 7. The monoisotopic (exact) mass is 493 g/mol. The Morgan fingerprint density at radius 2 is 1.65 bits per heavy atom. The lowest BCUT2D eigenvalue weighted by atomic mass is 9.98. The Hall–Kier alpha value is -2.24. The minimum Gasteiger partial charge on any atom is -0.496 e. The van der Waals surface area contributed by atoms with Crippen molar-refractivity contribution < 1.29 is 27.0 Å². The summed E-state index contributed by atoms with van der Waals surface area (Å²) < 4.78 is 60.2. The molecule has 8 nitrogen and oxygen atoms in total. The molecule has 0 saturated carbocycles. The van der Waals surface area contributed by atoms with Crippen LogP contribution >= 0.6 is 0 Å². The molecule has 2 aliphatic rings. The van der Waals surface area contributed by atoms with Crippen LogP contribution in [0.3, 0.4) is 0 Å². The van der Waals surface area contributed by atoms with E-state index in [2.05, 4.69) is 9.80 Å². The van der Waals surface area contributed by atoms with Crippen molar-refractivity contribution in [2.45, 2.75) is 30.2 Å². The van der Waals surface area contributed by atoms with Gasteiger partial charge in [-0.25, -0.2) is 12.8 Å². The Morgan fingerprint density at radius 1 is 1.00 bits per heavy atom. The Balaban J connectivity index is 1.77. The second kappa shape index (κ2) is 9.79. The number of sulfonamides is 1. The number of hydrogen-bond donors (Lipinski definition) is 0. The summed E-state index contributed by atoms with van der Waals surface area (Å²) >= 11 is 0. The van der Waals surface area contributed by atoms with Crippen LogP contribution in [-0.4, -0.2) is 77.8 Å². The molecule has 0 aliphatic carbocycles. The lowest BCUT2D eigenvalue weighted by Gasteiger charge is -2.53. The summed E-state index contributed by atoms with van der Waals surface area (Å²) in [5.74, 6) is -1.26. The molecule has 1 fully saturated rings. The largest absolute Gasteiger partial charge is 0.496 e. The van der Waals surface area contributed by atoms with Crippen LogP contribution in [0.2, 0.25) is 0 Å². The van der Waals surface area contributed by atoms with E-state index < -0.39 is 22.0 Å². The van der Waals surface area contributed by atoms with Gasteiger partial charge < -0.3 is 19.1 Å². The molecule has 1 unspecified atom stereocenters. The molecule has 2 aromatic carbocycles. The van der Waals surface area contributed by atoms with Crippen molar-refractivity contribution in [3.05, 3.63) is 53.8 Å². The number of fused-ring (bicyclic) bond motifs is 1. The maximum Gasteiger partial charge on any atom is 0.245 e. The molecule has 34 heavy (non-hydrogen) atoms. The summed E-state index contributed by atoms with van der Waals surface area (Å²) in [6, 6.07) is 11.4. The lowest BCUT2D eigenvalue weighted by Crippen LogP contribution is -2.68. The van der Waals surface area contributed by atoms with Crippen LogP contribution in [0.4, 0.5) is 10.1 Å². The zero-order valence-corrected chi connectivity index (χ0v) is 20.8. The maximum atomic E-state index is 13.8. The first-order valence-electron chi connectivity index (χ1n) is 11.4. The quantitative estimate of drug-likeness (QED) is 0.550. The predicted octanol–water partition coefficient (Wildman–Crippen LogP) is 2.84. The minimum absolute atomic E-state index is 0.130. The van der Waals surface area contributed by atoms with Gasteiger partial charge in [-0.2, -0.15) is 4.31 Å². The van der Waals surface area contributed by atoms with Gasteiger partial charge in [-0.1, -0.05) is 13.0 Å². The van der Waals surface area contributed by atoms with Crippen molar-refractivity contribution in [1.29, 1.82) is 0 Å². The first kappa shape index (κ1) is 24.9. The number of nitrogens with zero attached hydrogens (tertiary/aromatic N) is 3. The zero-order chi connectivity index (χ0) is 24.5. The fraction of sp³-hybridized carbons (Fsp3) is 0.500. The van der Waals surface area contributed by atoms with E-state index in [1.54, 1.807) is 30.3 Å². The maximum absolute atomic E-state index is 13.8. The van der Waals surface area contributed by atoms with Gasteiger partial charge in [-0.3, -0.25) is 4.90 Å². The number of hydrogen-bond acceptors (Lipinski definition) is 7. The third kappa shape index (κ3) is 3.97. The van der Waals surface area contributed by atoms with Crippen molar-refractivity contribution in [2.24, 2.45) is 0 Å². The second-order valence-corrected chi connectivity index (χ2v) is 10.3. The number of halogens is 1. The van der Waals surface area contributed by atoms with E-state index in [9.17, 15) is 12.8 Å². The first-order chi connectivity index (χ1) is 16.3. The van der Waals surface area contributed by atoms with E-state index in [-0.39, 0.29) is 10.7 Å². The molecule has 0 N–H and O–H groups in total. The van der Waals surface area contributed by atoms with Crippen molar-refractivity contribution in [2.75, 3.05) is 59.0 Å².